The molecule has 3 rings (SSSR count). The molecule has 0 bridgehead atoms. The molecule has 90 valence electrons. The van der Waals surface area contributed by atoms with Gasteiger partial charge in [0, 0.05) is 14.9 Å². The van der Waals surface area contributed by atoms with Gasteiger partial charge in [-0.1, -0.05) is 41.0 Å². The van der Waals surface area contributed by atoms with Crippen molar-refractivity contribution in [3.8, 4) is 0 Å². The Kier molecular flexibility index (Phi) is 3.48. The first kappa shape index (κ1) is 12.3. The van der Waals surface area contributed by atoms with Gasteiger partial charge in [0.25, 0.3) is 0 Å². The molecule has 0 unspecified atom stereocenters. The Bertz CT molecular complexity index is 709. The predicted octanol–water partition coefficient (Wildman–Crippen LogP) is 5.75. The van der Waals surface area contributed by atoms with Gasteiger partial charge in [-0.05, 0) is 36.4 Å². The van der Waals surface area contributed by atoms with Gasteiger partial charge in [0.05, 0.1) is 10.2 Å². The van der Waals surface area contributed by atoms with Gasteiger partial charge in [-0.2, -0.15) is 0 Å². The van der Waals surface area contributed by atoms with Crippen molar-refractivity contribution in [2.45, 2.75) is 9.24 Å². The highest BCUT2D eigenvalue weighted by molar-refractivity contribution is 8.01. The Labute approximate surface area is 123 Å². The van der Waals surface area contributed by atoms with Crippen LogP contribution >= 0.6 is 46.3 Å². The Balaban J connectivity index is 1.95. The van der Waals surface area contributed by atoms with Gasteiger partial charge in [0.15, 0.2) is 4.34 Å². The van der Waals surface area contributed by atoms with E-state index in [4.69, 9.17) is 23.2 Å². The van der Waals surface area contributed by atoms with Crippen LogP contribution < -0.4 is 0 Å². The van der Waals surface area contributed by atoms with Crippen LogP contribution in [0.4, 0.5) is 0 Å². The van der Waals surface area contributed by atoms with E-state index < -0.39 is 0 Å². The van der Waals surface area contributed by atoms with Crippen molar-refractivity contribution < 1.29 is 0 Å². The first-order valence-electron chi connectivity index (χ1n) is 5.20. The Morgan fingerprint density at radius 3 is 2.67 bits per heavy atom. The third kappa shape index (κ3) is 2.64. The number of hydrogen-bond acceptors (Lipinski definition) is 3. The molecule has 0 fully saturated rings. The molecule has 0 radical (unpaired) electrons. The SMILES string of the molecule is Clc1cccc(Sc2nc3cc(Cl)ccc3s2)c1. The fourth-order valence-electron chi connectivity index (χ4n) is 1.55. The molecule has 0 amide bonds. The van der Waals surface area contributed by atoms with Crippen LogP contribution in [0.15, 0.2) is 51.7 Å². The van der Waals surface area contributed by atoms with E-state index in [0.29, 0.717) is 5.02 Å². The van der Waals surface area contributed by atoms with Crippen LogP contribution in [0.2, 0.25) is 10.0 Å². The third-order valence-corrected chi connectivity index (χ3v) is 4.89. The average molecular weight is 312 g/mol. The van der Waals surface area contributed by atoms with Gasteiger partial charge in [-0.15, -0.1) is 11.3 Å². The van der Waals surface area contributed by atoms with Crippen LogP contribution in [-0.2, 0) is 0 Å². The van der Waals surface area contributed by atoms with Gasteiger partial charge >= 0.3 is 0 Å². The molecule has 0 atom stereocenters. The summed E-state index contributed by atoms with van der Waals surface area (Å²) in [6.07, 6.45) is 0. The lowest BCUT2D eigenvalue weighted by Gasteiger charge is -1.97. The maximum Gasteiger partial charge on any atom is 0.155 e. The minimum Gasteiger partial charge on any atom is -0.229 e. The van der Waals surface area contributed by atoms with E-state index >= 15 is 0 Å². The molecular formula is C13H7Cl2NS2. The fourth-order valence-corrected chi connectivity index (χ4v) is 4.06. The van der Waals surface area contributed by atoms with Crippen molar-refractivity contribution in [1.29, 1.82) is 0 Å². The summed E-state index contributed by atoms with van der Waals surface area (Å²) < 4.78 is 2.14. The second-order valence-corrected chi connectivity index (χ2v) is 6.88. The Hall–Kier alpha value is -0.740. The molecular weight excluding hydrogens is 305 g/mol. The van der Waals surface area contributed by atoms with E-state index in [0.717, 1.165) is 24.5 Å². The number of hydrogen-bond donors (Lipinski definition) is 0. The maximum absolute atomic E-state index is 5.96. The van der Waals surface area contributed by atoms with Gasteiger partial charge in [-0.25, -0.2) is 4.98 Å². The topological polar surface area (TPSA) is 12.9 Å². The van der Waals surface area contributed by atoms with E-state index in [9.17, 15) is 0 Å². The third-order valence-electron chi connectivity index (χ3n) is 2.33. The largest absolute Gasteiger partial charge is 0.229 e. The van der Waals surface area contributed by atoms with Crippen molar-refractivity contribution in [1.82, 2.24) is 4.98 Å². The average Bonchev–Trinajstić information content (AvgIpc) is 2.70. The normalized spacial score (nSPS) is 11.0. The summed E-state index contributed by atoms with van der Waals surface area (Å²) in [4.78, 5) is 5.64. The predicted molar refractivity (Wildman–Crippen MR) is 80.2 cm³/mol. The summed E-state index contributed by atoms with van der Waals surface area (Å²) in [6, 6.07) is 13.5. The molecule has 0 aliphatic heterocycles. The van der Waals surface area contributed by atoms with Crippen molar-refractivity contribution in [3.63, 3.8) is 0 Å². The molecule has 0 saturated heterocycles. The fraction of sp³-hybridized carbons (Fsp3) is 0. The van der Waals surface area contributed by atoms with Crippen molar-refractivity contribution in [2.75, 3.05) is 0 Å². The summed E-state index contributed by atoms with van der Waals surface area (Å²) in [7, 11) is 0. The van der Waals surface area contributed by atoms with Crippen LogP contribution in [0, 0.1) is 0 Å². The van der Waals surface area contributed by atoms with Crippen LogP contribution in [0.1, 0.15) is 0 Å². The van der Waals surface area contributed by atoms with Crippen molar-refractivity contribution in [3.05, 3.63) is 52.5 Å². The van der Waals surface area contributed by atoms with Crippen LogP contribution in [0.3, 0.4) is 0 Å². The highest BCUT2D eigenvalue weighted by atomic mass is 35.5. The Morgan fingerprint density at radius 1 is 1.00 bits per heavy atom. The standard InChI is InChI=1S/C13H7Cl2NS2/c14-8-2-1-3-10(6-8)17-13-16-11-7-9(15)4-5-12(11)18-13/h1-7H. The summed E-state index contributed by atoms with van der Waals surface area (Å²) in [5.41, 5.74) is 0.942. The summed E-state index contributed by atoms with van der Waals surface area (Å²) in [5.74, 6) is 0. The zero-order valence-electron chi connectivity index (χ0n) is 9.06. The quantitative estimate of drug-likeness (QED) is 0.597. The number of fused-ring (bicyclic) bond motifs is 1. The highest BCUT2D eigenvalue weighted by Gasteiger charge is 2.06. The maximum atomic E-state index is 5.96. The highest BCUT2D eigenvalue weighted by Crippen LogP contribution is 2.35. The van der Waals surface area contributed by atoms with Crippen LogP contribution in [0.5, 0.6) is 0 Å². The van der Waals surface area contributed by atoms with E-state index in [1.165, 1.54) is 0 Å². The molecule has 1 nitrogen and oxygen atoms in total. The van der Waals surface area contributed by atoms with E-state index in [2.05, 4.69) is 4.98 Å². The zero-order valence-corrected chi connectivity index (χ0v) is 12.2. The number of halogens is 2. The molecule has 18 heavy (non-hydrogen) atoms. The van der Waals surface area contributed by atoms with Gasteiger partial charge in [-0.3, -0.25) is 0 Å². The van der Waals surface area contributed by atoms with Gasteiger partial charge in [0.2, 0.25) is 0 Å². The monoisotopic (exact) mass is 311 g/mol. The first-order valence-corrected chi connectivity index (χ1v) is 7.59. The lowest BCUT2D eigenvalue weighted by atomic mass is 10.3. The smallest absolute Gasteiger partial charge is 0.155 e. The molecule has 3 aromatic rings. The second-order valence-electron chi connectivity index (χ2n) is 3.65. The number of benzene rings is 2. The lowest BCUT2D eigenvalue weighted by Crippen LogP contribution is -1.72. The number of nitrogens with zero attached hydrogens (tertiary/aromatic N) is 1. The minimum atomic E-state index is 0.715. The molecule has 0 saturated carbocycles. The zero-order chi connectivity index (χ0) is 12.5. The summed E-state index contributed by atoms with van der Waals surface area (Å²) in [6.45, 7) is 0. The lowest BCUT2D eigenvalue weighted by molar-refractivity contribution is 1.29. The number of thiazole rings is 1. The molecule has 1 heterocycles. The first-order chi connectivity index (χ1) is 8.70. The van der Waals surface area contributed by atoms with E-state index in [-0.39, 0.29) is 0 Å². The molecule has 5 heteroatoms. The van der Waals surface area contributed by atoms with E-state index in [1.807, 2.05) is 42.5 Å². The van der Waals surface area contributed by atoms with Crippen molar-refractivity contribution >= 4 is 56.5 Å². The second kappa shape index (κ2) is 5.10. The molecule has 2 aromatic carbocycles. The Morgan fingerprint density at radius 2 is 1.83 bits per heavy atom. The molecule has 1 aromatic heterocycles. The minimum absolute atomic E-state index is 0.715. The number of rotatable bonds is 2. The van der Waals surface area contributed by atoms with Crippen LogP contribution in [-0.4, -0.2) is 4.98 Å². The van der Waals surface area contributed by atoms with Gasteiger partial charge < -0.3 is 0 Å². The summed E-state index contributed by atoms with van der Waals surface area (Å²) >= 11 is 15.2. The molecule has 0 aliphatic carbocycles. The molecule has 0 spiro atoms. The molecule has 0 N–H and O–H groups in total. The van der Waals surface area contributed by atoms with Crippen LogP contribution in [0.25, 0.3) is 10.2 Å². The van der Waals surface area contributed by atoms with Crippen molar-refractivity contribution in [2.24, 2.45) is 0 Å². The van der Waals surface area contributed by atoms with Gasteiger partial charge in [0.1, 0.15) is 0 Å². The molecule has 0 aliphatic rings. The van der Waals surface area contributed by atoms with E-state index in [1.54, 1.807) is 23.1 Å². The summed E-state index contributed by atoms with van der Waals surface area (Å²) in [5, 5.41) is 1.45. The number of aromatic nitrogens is 1.